The second kappa shape index (κ2) is 8.70. The van der Waals surface area contributed by atoms with Crippen molar-refractivity contribution in [2.45, 2.75) is 25.7 Å². The molecular formula is C23H32F2N6OS. The lowest BCUT2D eigenvalue weighted by molar-refractivity contribution is 0.151. The number of fused-ring (bicyclic) bond motifs is 2. The quantitative estimate of drug-likeness (QED) is 0.731. The summed E-state index contributed by atoms with van der Waals surface area (Å²) in [5, 5.41) is 0.565. The lowest BCUT2D eigenvalue weighted by atomic mass is 9.86. The van der Waals surface area contributed by atoms with Crippen molar-refractivity contribution < 1.29 is 13.0 Å². The van der Waals surface area contributed by atoms with Gasteiger partial charge >= 0.3 is 0 Å². The van der Waals surface area contributed by atoms with Gasteiger partial charge in [0.15, 0.2) is 0 Å². The van der Waals surface area contributed by atoms with Crippen LogP contribution in [-0.2, 0) is 11.0 Å². The number of nitrogens with two attached hydrogens (primary N) is 1. The maximum atomic E-state index is 13.4. The summed E-state index contributed by atoms with van der Waals surface area (Å²) in [7, 11) is 1.24. The zero-order valence-corrected chi connectivity index (χ0v) is 20.0. The number of anilines is 2. The second-order valence-electron chi connectivity index (χ2n) is 10.2. The van der Waals surface area contributed by atoms with Crippen molar-refractivity contribution in [3.8, 4) is 0 Å². The molecule has 4 atom stereocenters. The lowest BCUT2D eigenvalue weighted by Gasteiger charge is -2.26. The molecule has 0 bridgehead atoms. The van der Waals surface area contributed by atoms with Gasteiger partial charge in [-0.05, 0) is 50.3 Å². The zero-order valence-electron chi connectivity index (χ0n) is 19.2. The first kappa shape index (κ1) is 22.9. The van der Waals surface area contributed by atoms with E-state index in [0.29, 0.717) is 16.6 Å². The molecule has 4 unspecified atom stereocenters. The van der Waals surface area contributed by atoms with Crippen LogP contribution >= 0.6 is 0 Å². The number of benzene rings is 1. The van der Waals surface area contributed by atoms with E-state index in [1.54, 1.807) is 6.26 Å². The number of nitrogens with zero attached hydrogens (tertiary/aromatic N) is 5. The highest BCUT2D eigenvalue weighted by Gasteiger charge is 2.45. The highest BCUT2D eigenvalue weighted by molar-refractivity contribution is 7.81. The third kappa shape index (κ3) is 4.70. The number of alkyl halides is 2. The summed E-state index contributed by atoms with van der Waals surface area (Å²) in [5.74, 6) is 2.36. The number of rotatable bonds is 3. The zero-order chi connectivity index (χ0) is 23.3. The molecule has 6 rings (SSSR count). The summed E-state index contributed by atoms with van der Waals surface area (Å²) in [6, 6.07) is 2.94. The van der Waals surface area contributed by atoms with Crippen LogP contribution in [0.2, 0.25) is 0 Å². The third-order valence-corrected chi connectivity index (χ3v) is 8.70. The second-order valence-corrected chi connectivity index (χ2v) is 11.6. The third-order valence-electron chi connectivity index (χ3n) is 7.66. The van der Waals surface area contributed by atoms with E-state index in [0.717, 1.165) is 50.9 Å². The van der Waals surface area contributed by atoms with E-state index < -0.39 is 17.4 Å². The average Bonchev–Trinajstić information content (AvgIpc) is 3.13. The fourth-order valence-corrected chi connectivity index (χ4v) is 6.55. The van der Waals surface area contributed by atoms with Crippen LogP contribution < -0.4 is 10.6 Å². The first-order chi connectivity index (χ1) is 15.7. The Balaban J connectivity index is 0.000000274. The molecule has 1 aliphatic carbocycles. The molecule has 180 valence electrons. The van der Waals surface area contributed by atoms with Crippen LogP contribution in [0, 0.1) is 17.3 Å². The SMILES string of the molecule is CN1CC2CC2C1.CS(=O)N1CCC2(CCN(c3cc(C(F)F)cc4cnc(N)nc34)C2)C1. The van der Waals surface area contributed by atoms with Gasteiger partial charge < -0.3 is 15.5 Å². The predicted octanol–water partition coefficient (Wildman–Crippen LogP) is 2.91. The molecule has 0 radical (unpaired) electrons. The van der Waals surface area contributed by atoms with E-state index in [1.165, 1.54) is 37.8 Å². The summed E-state index contributed by atoms with van der Waals surface area (Å²) < 4.78 is 40.5. The molecule has 3 saturated heterocycles. The van der Waals surface area contributed by atoms with Gasteiger partial charge in [0.1, 0.15) is 0 Å². The molecule has 1 aromatic heterocycles. The molecule has 7 nitrogen and oxygen atoms in total. The largest absolute Gasteiger partial charge is 0.369 e. The molecule has 0 amide bonds. The number of likely N-dealkylation sites (tertiary alicyclic amines) is 1. The normalized spacial score (nSPS) is 30.2. The first-order valence-electron chi connectivity index (χ1n) is 11.6. The van der Waals surface area contributed by atoms with Crippen LogP contribution in [0.3, 0.4) is 0 Å². The summed E-state index contributed by atoms with van der Waals surface area (Å²) in [6.45, 7) is 5.84. The van der Waals surface area contributed by atoms with E-state index in [9.17, 15) is 13.0 Å². The van der Waals surface area contributed by atoms with Gasteiger partial charge in [0.05, 0.1) is 22.2 Å². The van der Waals surface area contributed by atoms with E-state index in [4.69, 9.17) is 5.73 Å². The molecule has 10 heteroatoms. The number of piperidine rings is 1. The van der Waals surface area contributed by atoms with Crippen LogP contribution in [0.4, 0.5) is 20.4 Å². The monoisotopic (exact) mass is 478 g/mol. The Morgan fingerprint density at radius 3 is 2.52 bits per heavy atom. The van der Waals surface area contributed by atoms with Crippen LogP contribution in [-0.4, -0.2) is 76.0 Å². The van der Waals surface area contributed by atoms with Crippen LogP contribution in [0.5, 0.6) is 0 Å². The number of aromatic nitrogens is 2. The van der Waals surface area contributed by atoms with Gasteiger partial charge in [0.25, 0.3) is 6.43 Å². The molecule has 2 N–H and O–H groups in total. The molecule has 1 spiro atoms. The predicted molar refractivity (Wildman–Crippen MR) is 128 cm³/mol. The van der Waals surface area contributed by atoms with Gasteiger partial charge in [-0.25, -0.2) is 27.3 Å². The van der Waals surface area contributed by atoms with Gasteiger partial charge in [-0.2, -0.15) is 0 Å². The molecule has 3 aliphatic heterocycles. The fraction of sp³-hybridized carbons (Fsp3) is 0.652. The Kier molecular flexibility index (Phi) is 6.03. The van der Waals surface area contributed by atoms with E-state index in [2.05, 4.69) is 26.8 Å². The summed E-state index contributed by atoms with van der Waals surface area (Å²) >= 11 is 0. The maximum absolute atomic E-state index is 13.4. The van der Waals surface area contributed by atoms with Crippen LogP contribution in [0.15, 0.2) is 18.3 Å². The number of hydrogen-bond donors (Lipinski definition) is 1. The lowest BCUT2D eigenvalue weighted by Crippen LogP contribution is -2.31. The average molecular weight is 479 g/mol. The number of halogens is 2. The fourth-order valence-electron chi connectivity index (χ4n) is 5.75. The highest BCUT2D eigenvalue weighted by Crippen LogP contribution is 2.44. The summed E-state index contributed by atoms with van der Waals surface area (Å²) in [5.41, 5.74) is 7.03. The Morgan fingerprint density at radius 2 is 1.91 bits per heavy atom. The molecular weight excluding hydrogens is 446 g/mol. The van der Waals surface area contributed by atoms with Crippen molar-refractivity contribution in [2.24, 2.45) is 17.3 Å². The molecule has 4 aliphatic rings. The van der Waals surface area contributed by atoms with E-state index in [-0.39, 0.29) is 16.9 Å². The van der Waals surface area contributed by atoms with Crippen molar-refractivity contribution in [3.63, 3.8) is 0 Å². The van der Waals surface area contributed by atoms with Crippen molar-refractivity contribution in [1.29, 1.82) is 0 Å². The molecule has 4 fully saturated rings. The molecule has 1 aromatic carbocycles. The number of nitrogen functional groups attached to an aromatic ring is 1. The van der Waals surface area contributed by atoms with Crippen molar-refractivity contribution in [3.05, 3.63) is 23.9 Å². The van der Waals surface area contributed by atoms with Crippen molar-refractivity contribution >= 4 is 33.5 Å². The first-order valence-corrected chi connectivity index (χ1v) is 13.1. The Hall–Kier alpha value is -1.91. The number of hydrogen-bond acceptors (Lipinski definition) is 6. The Bertz CT molecular complexity index is 1060. The van der Waals surface area contributed by atoms with Gasteiger partial charge in [-0.15, -0.1) is 0 Å². The summed E-state index contributed by atoms with van der Waals surface area (Å²) in [4.78, 5) is 12.8. The molecule has 2 aromatic rings. The van der Waals surface area contributed by atoms with Crippen LogP contribution in [0.1, 0.15) is 31.3 Å². The van der Waals surface area contributed by atoms with Crippen molar-refractivity contribution in [1.82, 2.24) is 19.2 Å². The van der Waals surface area contributed by atoms with E-state index in [1.807, 2.05) is 4.31 Å². The smallest absolute Gasteiger partial charge is 0.263 e. The highest BCUT2D eigenvalue weighted by atomic mass is 32.2. The van der Waals surface area contributed by atoms with Gasteiger partial charge in [-0.1, -0.05) is 0 Å². The molecule has 33 heavy (non-hydrogen) atoms. The summed E-state index contributed by atoms with van der Waals surface area (Å²) in [6.07, 6.45) is 4.08. The maximum Gasteiger partial charge on any atom is 0.263 e. The minimum absolute atomic E-state index is 0.0375. The molecule has 1 saturated carbocycles. The Morgan fingerprint density at radius 1 is 1.18 bits per heavy atom. The van der Waals surface area contributed by atoms with E-state index >= 15 is 0 Å². The van der Waals surface area contributed by atoms with Gasteiger partial charge in [-0.3, -0.25) is 0 Å². The Labute approximate surface area is 195 Å². The van der Waals surface area contributed by atoms with Crippen molar-refractivity contribution in [2.75, 3.05) is 63.2 Å². The standard InChI is InChI=1S/C17H21F2N5OS.C6H11N/c1-26(25)24-5-3-17(10-24)2-4-23(9-17)13-7-11(15(18)19)6-12-8-21-16(20)22-14(12)13;1-7-3-5-2-6(5)4-7/h6-8,15H,2-5,9-10H2,1H3,(H2,20,21,22);5-6H,2-4H2,1H3. The van der Waals surface area contributed by atoms with Gasteiger partial charge in [0, 0.05) is 68.1 Å². The van der Waals surface area contributed by atoms with Gasteiger partial charge in [0.2, 0.25) is 5.95 Å². The molecule has 4 heterocycles. The minimum Gasteiger partial charge on any atom is -0.369 e. The topological polar surface area (TPSA) is 78.6 Å². The minimum atomic E-state index is -2.56. The van der Waals surface area contributed by atoms with Crippen LogP contribution in [0.25, 0.3) is 10.9 Å².